The lowest BCUT2D eigenvalue weighted by Crippen LogP contribution is -2.31. The van der Waals surface area contributed by atoms with E-state index in [-0.39, 0.29) is 24.4 Å². The van der Waals surface area contributed by atoms with Gasteiger partial charge in [0.05, 0.1) is 12.8 Å². The molecule has 2 heterocycles. The van der Waals surface area contributed by atoms with Crippen LogP contribution in [0.15, 0.2) is 30.5 Å². The van der Waals surface area contributed by atoms with Gasteiger partial charge < -0.3 is 20.7 Å². The molecular formula is C18H23Cl2N5O2. The average Bonchev–Trinajstić information content (AvgIpc) is 3.12. The van der Waals surface area contributed by atoms with E-state index in [0.717, 1.165) is 12.0 Å². The number of nitrogens with one attached hydrogen (secondary N) is 1. The number of hydrogen-bond acceptors (Lipinski definition) is 6. The van der Waals surface area contributed by atoms with Crippen molar-refractivity contribution >= 4 is 35.9 Å². The maximum absolute atomic E-state index is 12.6. The second-order valence-corrected chi connectivity index (χ2v) is 6.47. The van der Waals surface area contributed by atoms with Crippen LogP contribution in [-0.4, -0.2) is 46.5 Å². The molecule has 1 fully saturated rings. The van der Waals surface area contributed by atoms with E-state index in [2.05, 4.69) is 15.3 Å². The largest absolute Gasteiger partial charge is 0.477 e. The number of rotatable bonds is 6. The van der Waals surface area contributed by atoms with Crippen molar-refractivity contribution in [2.24, 2.45) is 5.73 Å². The highest BCUT2D eigenvalue weighted by atomic mass is 35.5. The van der Waals surface area contributed by atoms with E-state index in [1.165, 1.54) is 6.20 Å². The van der Waals surface area contributed by atoms with Gasteiger partial charge in [-0.1, -0.05) is 23.7 Å². The number of aromatic nitrogens is 2. The molecule has 1 amide bonds. The first-order valence-electron chi connectivity index (χ1n) is 8.61. The molecule has 0 saturated carbocycles. The molecule has 9 heteroatoms. The van der Waals surface area contributed by atoms with Gasteiger partial charge in [0.15, 0.2) is 0 Å². The van der Waals surface area contributed by atoms with E-state index in [0.29, 0.717) is 48.7 Å². The highest BCUT2D eigenvalue weighted by molar-refractivity contribution is 6.31. The first kappa shape index (κ1) is 21.2. The monoisotopic (exact) mass is 411 g/mol. The van der Waals surface area contributed by atoms with Crippen molar-refractivity contribution in [3.05, 3.63) is 46.6 Å². The van der Waals surface area contributed by atoms with E-state index >= 15 is 0 Å². The summed E-state index contributed by atoms with van der Waals surface area (Å²) < 4.78 is 5.38. The first-order chi connectivity index (χ1) is 12.6. The van der Waals surface area contributed by atoms with Crippen molar-refractivity contribution in [3.8, 4) is 5.88 Å². The Kier molecular flexibility index (Phi) is 7.65. The number of amides is 1. The van der Waals surface area contributed by atoms with Gasteiger partial charge in [0, 0.05) is 31.2 Å². The van der Waals surface area contributed by atoms with E-state index < -0.39 is 0 Å². The topological polar surface area (TPSA) is 93.4 Å². The van der Waals surface area contributed by atoms with Gasteiger partial charge in [-0.25, -0.2) is 4.98 Å². The lowest BCUT2D eigenvalue weighted by molar-refractivity contribution is 0.0791. The van der Waals surface area contributed by atoms with Gasteiger partial charge in [0.2, 0.25) is 11.8 Å². The molecule has 1 aliphatic rings. The van der Waals surface area contributed by atoms with Crippen molar-refractivity contribution in [2.45, 2.75) is 25.9 Å². The van der Waals surface area contributed by atoms with Crippen molar-refractivity contribution in [3.63, 3.8) is 0 Å². The third-order valence-corrected chi connectivity index (χ3v) is 4.50. The zero-order valence-corrected chi connectivity index (χ0v) is 16.6. The van der Waals surface area contributed by atoms with Crippen LogP contribution in [0.4, 0.5) is 5.95 Å². The van der Waals surface area contributed by atoms with Crippen molar-refractivity contribution in [1.29, 1.82) is 0 Å². The standard InChI is InChI=1S/C18H22ClN5O2.ClH/c1-2-26-16-15(19)10-21-18(23-16)22-14-7-8-24(11-14)17(25)13-5-3-12(9-20)4-6-13;/h3-6,10,14H,2,7-9,11,20H2,1H3,(H,21,22,23);1H/t14-;/m1./s1. The van der Waals surface area contributed by atoms with Gasteiger partial charge in [-0.05, 0) is 31.0 Å². The molecule has 1 saturated heterocycles. The number of carbonyl (C=O) groups excluding carboxylic acids is 1. The molecule has 0 bridgehead atoms. The minimum atomic E-state index is 0. The fraction of sp³-hybridized carbons (Fsp3) is 0.389. The van der Waals surface area contributed by atoms with Crippen LogP contribution in [0.5, 0.6) is 5.88 Å². The predicted molar refractivity (Wildman–Crippen MR) is 108 cm³/mol. The second kappa shape index (κ2) is 9.73. The molecule has 3 rings (SSSR count). The number of ether oxygens (including phenoxy) is 1. The molecule has 0 radical (unpaired) electrons. The molecule has 1 aromatic carbocycles. The number of likely N-dealkylation sites (tertiary alicyclic amines) is 1. The van der Waals surface area contributed by atoms with E-state index in [4.69, 9.17) is 22.1 Å². The number of halogens is 2. The van der Waals surface area contributed by atoms with Crippen LogP contribution in [0.2, 0.25) is 5.02 Å². The Bertz CT molecular complexity index is 773. The van der Waals surface area contributed by atoms with Gasteiger partial charge in [-0.3, -0.25) is 4.79 Å². The van der Waals surface area contributed by atoms with Crippen molar-refractivity contribution in [2.75, 3.05) is 25.0 Å². The molecule has 0 spiro atoms. The zero-order chi connectivity index (χ0) is 18.5. The predicted octanol–water partition coefficient (Wildman–Crippen LogP) is 2.74. The van der Waals surface area contributed by atoms with Crippen LogP contribution >= 0.6 is 24.0 Å². The van der Waals surface area contributed by atoms with Crippen LogP contribution in [0.25, 0.3) is 0 Å². The van der Waals surface area contributed by atoms with Gasteiger partial charge in [-0.2, -0.15) is 4.98 Å². The summed E-state index contributed by atoms with van der Waals surface area (Å²) in [6.45, 7) is 4.08. The van der Waals surface area contributed by atoms with E-state index in [9.17, 15) is 4.79 Å². The Hall–Kier alpha value is -2.09. The fourth-order valence-electron chi connectivity index (χ4n) is 2.87. The number of benzene rings is 1. The Morgan fingerprint density at radius 1 is 1.41 bits per heavy atom. The van der Waals surface area contributed by atoms with Crippen LogP contribution in [0.1, 0.15) is 29.3 Å². The summed E-state index contributed by atoms with van der Waals surface area (Å²) in [5.41, 5.74) is 7.27. The summed E-state index contributed by atoms with van der Waals surface area (Å²) in [6.07, 6.45) is 2.33. The number of anilines is 1. The number of carbonyl (C=O) groups is 1. The lowest BCUT2D eigenvalue weighted by atomic mass is 10.1. The smallest absolute Gasteiger partial charge is 0.253 e. The summed E-state index contributed by atoms with van der Waals surface area (Å²) in [5.74, 6) is 0.826. The maximum atomic E-state index is 12.6. The average molecular weight is 412 g/mol. The molecule has 1 aliphatic heterocycles. The molecular weight excluding hydrogens is 389 g/mol. The molecule has 27 heavy (non-hydrogen) atoms. The third-order valence-electron chi connectivity index (χ3n) is 4.24. The molecule has 3 N–H and O–H groups in total. The molecule has 7 nitrogen and oxygen atoms in total. The van der Waals surface area contributed by atoms with E-state index in [1.807, 2.05) is 36.1 Å². The Morgan fingerprint density at radius 3 is 2.81 bits per heavy atom. The Morgan fingerprint density at radius 2 is 2.15 bits per heavy atom. The minimum Gasteiger partial charge on any atom is -0.477 e. The first-order valence-corrected chi connectivity index (χ1v) is 8.98. The summed E-state index contributed by atoms with van der Waals surface area (Å²) in [4.78, 5) is 22.9. The minimum absolute atomic E-state index is 0. The van der Waals surface area contributed by atoms with Gasteiger partial charge >= 0.3 is 0 Å². The highest BCUT2D eigenvalue weighted by Gasteiger charge is 2.27. The van der Waals surface area contributed by atoms with Crippen LogP contribution in [0, 0.1) is 0 Å². The van der Waals surface area contributed by atoms with Crippen molar-refractivity contribution in [1.82, 2.24) is 14.9 Å². The normalized spacial score (nSPS) is 16.0. The van der Waals surface area contributed by atoms with Crippen LogP contribution in [0.3, 0.4) is 0 Å². The SMILES string of the molecule is CCOc1nc(N[C@@H]2CCN(C(=O)c3ccc(CN)cc3)C2)ncc1Cl.Cl. The summed E-state index contributed by atoms with van der Waals surface area (Å²) >= 11 is 6.01. The summed E-state index contributed by atoms with van der Waals surface area (Å²) in [5, 5.41) is 3.63. The fourth-order valence-corrected chi connectivity index (χ4v) is 3.02. The van der Waals surface area contributed by atoms with Crippen LogP contribution in [-0.2, 0) is 6.54 Å². The molecule has 1 aromatic heterocycles. The van der Waals surface area contributed by atoms with Gasteiger partial charge in [-0.15, -0.1) is 12.4 Å². The highest BCUT2D eigenvalue weighted by Crippen LogP contribution is 2.23. The number of hydrogen-bond donors (Lipinski definition) is 2. The van der Waals surface area contributed by atoms with E-state index in [1.54, 1.807) is 0 Å². The van der Waals surface area contributed by atoms with Gasteiger partial charge in [0.25, 0.3) is 5.91 Å². The maximum Gasteiger partial charge on any atom is 0.253 e. The summed E-state index contributed by atoms with van der Waals surface area (Å²) in [6, 6.07) is 7.49. The quantitative estimate of drug-likeness (QED) is 0.758. The Balaban J connectivity index is 0.00000261. The summed E-state index contributed by atoms with van der Waals surface area (Å²) in [7, 11) is 0. The zero-order valence-electron chi connectivity index (χ0n) is 15.0. The molecule has 0 unspecified atom stereocenters. The lowest BCUT2D eigenvalue weighted by Gasteiger charge is -2.17. The molecule has 1 atom stereocenters. The second-order valence-electron chi connectivity index (χ2n) is 6.06. The van der Waals surface area contributed by atoms with Crippen LogP contribution < -0.4 is 15.8 Å². The molecule has 0 aliphatic carbocycles. The number of nitrogens with zero attached hydrogens (tertiary/aromatic N) is 3. The molecule has 146 valence electrons. The molecule has 2 aromatic rings. The van der Waals surface area contributed by atoms with Crippen molar-refractivity contribution < 1.29 is 9.53 Å². The third kappa shape index (κ3) is 5.22. The number of nitrogens with two attached hydrogens (primary N) is 1. The Labute approximate surface area is 169 Å². The van der Waals surface area contributed by atoms with Gasteiger partial charge in [0.1, 0.15) is 5.02 Å².